The van der Waals surface area contributed by atoms with E-state index in [2.05, 4.69) is 39.7 Å². The third-order valence-electron chi connectivity index (χ3n) is 6.34. The molecule has 0 bridgehead atoms. The van der Waals surface area contributed by atoms with Crippen LogP contribution in [-0.4, -0.2) is 57.8 Å². The van der Waals surface area contributed by atoms with Gasteiger partial charge in [-0.1, -0.05) is 6.92 Å². The zero-order chi connectivity index (χ0) is 21.7. The van der Waals surface area contributed by atoms with Crippen molar-refractivity contribution in [2.24, 2.45) is 5.41 Å². The lowest BCUT2D eigenvalue weighted by Crippen LogP contribution is -2.45. The molecular weight excluding hydrogens is 369 g/mol. The van der Waals surface area contributed by atoms with Crippen molar-refractivity contribution in [2.75, 3.05) is 13.1 Å². The van der Waals surface area contributed by atoms with Gasteiger partial charge in [0.15, 0.2) is 0 Å². The Labute approximate surface area is 175 Å². The SMILES string of the molecule is CC1(Cn2cc(B3OC(C)(C)C(C)(C)O3)cn2)CCN(C(=O)OC(C)(C)C)CC1. The highest BCUT2D eigenvalue weighted by Crippen LogP contribution is 2.37. The molecular formula is C21H36BN3O4. The highest BCUT2D eigenvalue weighted by atomic mass is 16.7. The maximum Gasteiger partial charge on any atom is 0.498 e. The number of carbonyl (C=O) groups is 1. The molecule has 3 rings (SSSR count). The molecule has 0 atom stereocenters. The summed E-state index contributed by atoms with van der Waals surface area (Å²) in [7, 11) is -0.393. The van der Waals surface area contributed by atoms with Crippen LogP contribution >= 0.6 is 0 Å². The smallest absolute Gasteiger partial charge is 0.444 e. The Kier molecular flexibility index (Phi) is 5.58. The topological polar surface area (TPSA) is 65.8 Å². The summed E-state index contributed by atoms with van der Waals surface area (Å²) in [5, 5.41) is 4.55. The van der Waals surface area contributed by atoms with Crippen LogP contribution in [0.4, 0.5) is 4.79 Å². The van der Waals surface area contributed by atoms with Crippen LogP contribution in [-0.2, 0) is 20.6 Å². The summed E-state index contributed by atoms with van der Waals surface area (Å²) in [6.45, 7) is 18.4. The van der Waals surface area contributed by atoms with Gasteiger partial charge in [-0.25, -0.2) is 4.79 Å². The lowest BCUT2D eigenvalue weighted by molar-refractivity contribution is 0.00578. The minimum Gasteiger partial charge on any atom is -0.444 e. The fourth-order valence-electron chi connectivity index (χ4n) is 3.67. The van der Waals surface area contributed by atoms with Gasteiger partial charge >= 0.3 is 13.2 Å². The third kappa shape index (κ3) is 4.97. The number of amides is 1. The Balaban J connectivity index is 1.57. The van der Waals surface area contributed by atoms with Crippen LogP contribution in [0.2, 0.25) is 0 Å². The summed E-state index contributed by atoms with van der Waals surface area (Å²) >= 11 is 0. The van der Waals surface area contributed by atoms with E-state index >= 15 is 0 Å². The summed E-state index contributed by atoms with van der Waals surface area (Å²) in [5.41, 5.74) is -0.159. The van der Waals surface area contributed by atoms with Gasteiger partial charge in [0.25, 0.3) is 0 Å². The Morgan fingerprint density at radius 1 is 1.14 bits per heavy atom. The Hall–Kier alpha value is -1.54. The van der Waals surface area contributed by atoms with E-state index < -0.39 is 12.7 Å². The van der Waals surface area contributed by atoms with Crippen LogP contribution in [0.15, 0.2) is 12.4 Å². The average Bonchev–Trinajstić information content (AvgIpc) is 3.08. The van der Waals surface area contributed by atoms with Crippen molar-refractivity contribution in [2.45, 2.75) is 91.6 Å². The van der Waals surface area contributed by atoms with E-state index in [1.807, 2.05) is 42.7 Å². The fourth-order valence-corrected chi connectivity index (χ4v) is 3.67. The van der Waals surface area contributed by atoms with E-state index in [0.717, 1.165) is 24.8 Å². The van der Waals surface area contributed by atoms with Crippen molar-refractivity contribution < 1.29 is 18.8 Å². The van der Waals surface area contributed by atoms with Crippen LogP contribution in [0, 0.1) is 5.41 Å². The Morgan fingerprint density at radius 3 is 2.21 bits per heavy atom. The number of piperidine rings is 1. The second-order valence-electron chi connectivity index (χ2n) is 10.8. The van der Waals surface area contributed by atoms with Gasteiger partial charge in [-0.2, -0.15) is 5.10 Å². The summed E-state index contributed by atoms with van der Waals surface area (Å²) in [5.74, 6) is 0. The minimum absolute atomic E-state index is 0.0811. The van der Waals surface area contributed by atoms with Crippen molar-refractivity contribution in [3.05, 3.63) is 12.4 Å². The molecule has 1 amide bonds. The monoisotopic (exact) mass is 405 g/mol. The highest BCUT2D eigenvalue weighted by molar-refractivity contribution is 6.61. The fraction of sp³-hybridized carbons (Fsp3) is 0.810. The van der Waals surface area contributed by atoms with Crippen LogP contribution < -0.4 is 5.46 Å². The number of ether oxygens (including phenoxy) is 1. The largest absolute Gasteiger partial charge is 0.498 e. The third-order valence-corrected chi connectivity index (χ3v) is 6.34. The molecule has 162 valence electrons. The summed E-state index contributed by atoms with van der Waals surface area (Å²) in [6.07, 6.45) is 5.46. The van der Waals surface area contributed by atoms with Gasteiger partial charge in [-0.15, -0.1) is 0 Å². The normalized spacial score (nSPS) is 23.3. The first-order valence-corrected chi connectivity index (χ1v) is 10.6. The second-order valence-corrected chi connectivity index (χ2v) is 10.8. The molecule has 7 nitrogen and oxygen atoms in total. The van der Waals surface area contributed by atoms with Gasteiger partial charge in [0.05, 0.1) is 11.2 Å². The van der Waals surface area contributed by atoms with Gasteiger partial charge in [-0.05, 0) is 66.7 Å². The van der Waals surface area contributed by atoms with E-state index in [4.69, 9.17) is 14.0 Å². The van der Waals surface area contributed by atoms with Gasteiger partial charge in [0, 0.05) is 37.5 Å². The maximum atomic E-state index is 12.3. The molecule has 0 saturated carbocycles. The molecule has 8 heteroatoms. The zero-order valence-electron chi connectivity index (χ0n) is 19.2. The number of nitrogens with zero attached hydrogens (tertiary/aromatic N) is 3. The molecule has 2 aliphatic heterocycles. The molecule has 0 spiro atoms. The number of likely N-dealkylation sites (tertiary alicyclic amines) is 1. The molecule has 29 heavy (non-hydrogen) atoms. The molecule has 0 N–H and O–H groups in total. The predicted molar refractivity (Wildman–Crippen MR) is 113 cm³/mol. The summed E-state index contributed by atoms with van der Waals surface area (Å²) < 4.78 is 19.7. The predicted octanol–water partition coefficient (Wildman–Crippen LogP) is 3.22. The molecule has 0 aliphatic carbocycles. The molecule has 3 heterocycles. The molecule has 2 fully saturated rings. The molecule has 2 aliphatic rings. The first-order chi connectivity index (χ1) is 13.2. The first-order valence-electron chi connectivity index (χ1n) is 10.6. The van der Waals surface area contributed by atoms with E-state index in [9.17, 15) is 4.79 Å². The number of hydrogen-bond donors (Lipinski definition) is 0. The Morgan fingerprint density at radius 2 is 1.69 bits per heavy atom. The Bertz CT molecular complexity index is 729. The molecule has 0 radical (unpaired) electrons. The highest BCUT2D eigenvalue weighted by Gasteiger charge is 2.52. The van der Waals surface area contributed by atoms with Gasteiger partial charge in [0.2, 0.25) is 0 Å². The van der Waals surface area contributed by atoms with Crippen LogP contribution in [0.5, 0.6) is 0 Å². The van der Waals surface area contributed by atoms with Crippen molar-refractivity contribution in [1.29, 1.82) is 0 Å². The molecule has 1 aromatic heterocycles. The number of carbonyl (C=O) groups excluding carboxylic acids is 1. The first kappa shape index (κ1) is 22.2. The second kappa shape index (κ2) is 7.31. The lowest BCUT2D eigenvalue weighted by atomic mass is 9.80. The summed E-state index contributed by atoms with van der Waals surface area (Å²) in [4.78, 5) is 14.1. The quantitative estimate of drug-likeness (QED) is 0.723. The van der Waals surface area contributed by atoms with Crippen molar-refractivity contribution in [1.82, 2.24) is 14.7 Å². The zero-order valence-corrected chi connectivity index (χ0v) is 19.2. The van der Waals surface area contributed by atoms with Crippen LogP contribution in [0.3, 0.4) is 0 Å². The van der Waals surface area contributed by atoms with Crippen LogP contribution in [0.1, 0.15) is 68.2 Å². The number of hydrogen-bond acceptors (Lipinski definition) is 5. The molecule has 0 unspecified atom stereocenters. The van der Waals surface area contributed by atoms with Gasteiger partial charge in [0.1, 0.15) is 5.60 Å². The van der Waals surface area contributed by atoms with E-state index in [1.54, 1.807) is 0 Å². The van der Waals surface area contributed by atoms with Crippen LogP contribution in [0.25, 0.3) is 0 Å². The standard InChI is InChI=1S/C21H36BN3O4/c1-18(2,3)27-17(26)24-11-9-21(8,10-12-24)15-25-14-16(13-23-25)22-28-19(4,5)20(6,7)29-22/h13-14H,9-12,15H2,1-8H3. The van der Waals surface area contributed by atoms with E-state index in [0.29, 0.717) is 13.1 Å². The lowest BCUT2D eigenvalue weighted by Gasteiger charge is -2.39. The molecule has 1 aromatic rings. The summed E-state index contributed by atoms with van der Waals surface area (Å²) in [6, 6.07) is 0. The van der Waals surface area contributed by atoms with Crippen molar-refractivity contribution in [3.8, 4) is 0 Å². The van der Waals surface area contributed by atoms with Gasteiger partial charge < -0.3 is 18.9 Å². The van der Waals surface area contributed by atoms with E-state index in [1.165, 1.54) is 0 Å². The number of rotatable bonds is 3. The van der Waals surface area contributed by atoms with E-state index in [-0.39, 0.29) is 22.7 Å². The van der Waals surface area contributed by atoms with Gasteiger partial charge in [-0.3, -0.25) is 4.68 Å². The molecule has 0 aromatic carbocycles. The minimum atomic E-state index is -0.462. The average molecular weight is 405 g/mol. The molecule has 2 saturated heterocycles. The van der Waals surface area contributed by atoms with Crippen molar-refractivity contribution >= 4 is 18.7 Å². The number of aromatic nitrogens is 2. The van der Waals surface area contributed by atoms with Crippen molar-refractivity contribution in [3.63, 3.8) is 0 Å². The maximum absolute atomic E-state index is 12.3.